The Bertz CT molecular complexity index is 649. The van der Waals surface area contributed by atoms with Crippen LogP contribution in [0.2, 0.25) is 0 Å². The first-order chi connectivity index (χ1) is 22.0. The molecule has 0 radical (unpaired) electrons. The second-order valence-electron chi connectivity index (χ2n) is 16.9. The van der Waals surface area contributed by atoms with E-state index < -0.39 is 0 Å². The first-order valence-corrected chi connectivity index (χ1v) is 20.4. The number of nitrogens with one attached hydrogen (secondary N) is 1. The van der Waals surface area contributed by atoms with Crippen molar-refractivity contribution in [1.29, 1.82) is 0 Å². The van der Waals surface area contributed by atoms with Crippen molar-refractivity contribution in [2.24, 2.45) is 23.7 Å². The minimum Gasteiger partial charge on any atom is -0.378 e. The Morgan fingerprint density at radius 3 is 1.48 bits per heavy atom. The maximum absolute atomic E-state index is 5.59. The number of likely N-dealkylation sites (tertiary alicyclic amines) is 1. The predicted octanol–water partition coefficient (Wildman–Crippen LogP) is 9.74. The summed E-state index contributed by atoms with van der Waals surface area (Å²) < 4.78 is 5.59. The number of hydrogen-bond acceptors (Lipinski definition) is 5. The van der Waals surface area contributed by atoms with E-state index in [9.17, 15) is 0 Å². The lowest BCUT2D eigenvalue weighted by molar-refractivity contribution is -0.00222. The number of rotatable bonds is 16. The molecular weight excluding hydrogens is 564 g/mol. The zero-order valence-corrected chi connectivity index (χ0v) is 33.3. The van der Waals surface area contributed by atoms with Gasteiger partial charge in [-0.3, -0.25) is 0 Å². The van der Waals surface area contributed by atoms with Gasteiger partial charge in [-0.2, -0.15) is 0 Å². The normalized spacial score (nSPS) is 19.8. The quantitative estimate of drug-likeness (QED) is 0.180. The predicted molar refractivity (Wildman–Crippen MR) is 205 cm³/mol. The summed E-state index contributed by atoms with van der Waals surface area (Å²) >= 11 is 0. The average molecular weight is 651 g/mol. The van der Waals surface area contributed by atoms with Gasteiger partial charge in [0, 0.05) is 18.7 Å². The molecule has 2 saturated heterocycles. The average Bonchev–Trinajstić information content (AvgIpc) is 2.97. The first-order valence-electron chi connectivity index (χ1n) is 20.4. The molecule has 46 heavy (non-hydrogen) atoms. The van der Waals surface area contributed by atoms with E-state index in [2.05, 4.69) is 89.5 Å². The molecule has 2 heterocycles. The molecule has 2 saturated carbocycles. The van der Waals surface area contributed by atoms with Gasteiger partial charge in [0.05, 0.1) is 6.10 Å². The van der Waals surface area contributed by atoms with Gasteiger partial charge in [-0.05, 0) is 173 Å². The van der Waals surface area contributed by atoms with Crippen LogP contribution in [0, 0.1) is 23.7 Å². The minimum atomic E-state index is 0.624. The van der Waals surface area contributed by atoms with Crippen LogP contribution >= 0.6 is 0 Å². The monoisotopic (exact) mass is 651 g/mol. The maximum Gasteiger partial charge on any atom is 0.0575 e. The van der Waals surface area contributed by atoms with E-state index in [1.165, 1.54) is 149 Å². The van der Waals surface area contributed by atoms with E-state index in [1.807, 2.05) is 0 Å². The molecule has 2 aliphatic heterocycles. The maximum atomic E-state index is 5.59. The molecule has 0 spiro atoms. The van der Waals surface area contributed by atoms with Crippen LogP contribution in [0.15, 0.2) is 0 Å². The van der Waals surface area contributed by atoms with Gasteiger partial charge >= 0.3 is 0 Å². The molecule has 4 rings (SSSR count). The fourth-order valence-electron chi connectivity index (χ4n) is 6.28. The molecule has 5 nitrogen and oxygen atoms in total. The summed E-state index contributed by atoms with van der Waals surface area (Å²) in [7, 11) is 4.55. The van der Waals surface area contributed by atoms with Gasteiger partial charge < -0.3 is 24.8 Å². The van der Waals surface area contributed by atoms with Crippen LogP contribution in [0.25, 0.3) is 0 Å². The summed E-state index contributed by atoms with van der Waals surface area (Å²) in [6, 6.07) is 1.76. The van der Waals surface area contributed by atoms with Crippen molar-refractivity contribution in [3.8, 4) is 0 Å². The van der Waals surface area contributed by atoms with E-state index in [4.69, 9.17) is 4.74 Å². The summed E-state index contributed by atoms with van der Waals surface area (Å²) in [5.74, 6) is 3.37. The summed E-state index contributed by atoms with van der Waals surface area (Å²) in [5.41, 5.74) is 0. The van der Waals surface area contributed by atoms with Crippen molar-refractivity contribution in [2.45, 2.75) is 176 Å². The highest BCUT2D eigenvalue weighted by atomic mass is 16.5. The Morgan fingerprint density at radius 2 is 1.07 bits per heavy atom. The fraction of sp³-hybridized carbons (Fsp3) is 1.00. The van der Waals surface area contributed by atoms with E-state index in [0.29, 0.717) is 6.10 Å². The molecule has 276 valence electrons. The van der Waals surface area contributed by atoms with Crippen molar-refractivity contribution < 1.29 is 4.74 Å². The van der Waals surface area contributed by atoms with Crippen molar-refractivity contribution >= 4 is 0 Å². The molecule has 0 amide bonds. The third-order valence-electron chi connectivity index (χ3n) is 10.6. The molecule has 1 N–H and O–H groups in total. The third kappa shape index (κ3) is 24.0. The lowest BCUT2D eigenvalue weighted by Crippen LogP contribution is -2.41. The van der Waals surface area contributed by atoms with Crippen LogP contribution in [0.5, 0.6) is 0 Å². The first kappa shape index (κ1) is 43.8. The second kappa shape index (κ2) is 27.6. The lowest BCUT2D eigenvalue weighted by Gasteiger charge is -2.35. The molecule has 4 aliphatic rings. The molecule has 0 aromatic carbocycles. The molecule has 5 heteroatoms. The molecule has 4 fully saturated rings. The highest BCUT2D eigenvalue weighted by Gasteiger charge is 2.21. The number of piperidine rings is 2. The Hall–Kier alpha value is -0.200. The van der Waals surface area contributed by atoms with Gasteiger partial charge in [0.1, 0.15) is 0 Å². The molecular formula is C41H86N4O. The van der Waals surface area contributed by atoms with Gasteiger partial charge in [-0.1, -0.05) is 68.2 Å². The lowest BCUT2D eigenvalue weighted by atomic mass is 9.91. The Morgan fingerprint density at radius 1 is 0.587 bits per heavy atom. The SMILES string of the molecule is CC(C)CCCN1CCCCC1.CC(C)CCN(C)C1CCC1.CC(C)CCN(C)C1CCNCC1.CC(C)CCOC1CCC1. The molecule has 0 aromatic heterocycles. The fourth-order valence-corrected chi connectivity index (χ4v) is 6.28. The van der Waals surface area contributed by atoms with Crippen LogP contribution in [0.1, 0.15) is 158 Å². The smallest absolute Gasteiger partial charge is 0.0575 e. The Balaban J connectivity index is 0.000000308. The number of nitrogens with zero attached hydrogens (tertiary/aromatic N) is 3. The van der Waals surface area contributed by atoms with E-state index in [-0.39, 0.29) is 0 Å². The summed E-state index contributed by atoms with van der Waals surface area (Å²) in [6.07, 6.45) is 22.6. The Labute approximate surface area is 290 Å². The van der Waals surface area contributed by atoms with Gasteiger partial charge in [0.2, 0.25) is 0 Å². The van der Waals surface area contributed by atoms with E-state index in [1.54, 1.807) is 0 Å². The summed E-state index contributed by atoms with van der Waals surface area (Å²) in [6.45, 7) is 28.3. The summed E-state index contributed by atoms with van der Waals surface area (Å²) in [4.78, 5) is 7.70. The Kier molecular flexibility index (Phi) is 26.3. The topological polar surface area (TPSA) is 31.0 Å². The zero-order chi connectivity index (χ0) is 34.2. The highest BCUT2D eigenvalue weighted by Crippen LogP contribution is 2.24. The standard InChI is InChI=1S/C11H24N2.C11H23N.C10H21N.C9H18O/c1-10(2)6-9-13(3)11-4-7-12-8-5-11;1-11(2)7-6-10-12-8-4-3-5-9-12;1-9(2)7-8-11(3)10-5-4-6-10;1-8(2)6-7-10-9-4-3-5-9/h10-12H,4-9H2,1-3H3;11H,3-10H2,1-2H3;9-10H,4-8H2,1-3H3;8-9H,3-7H2,1-2H3. The number of hydrogen-bond donors (Lipinski definition) is 1. The van der Waals surface area contributed by atoms with Gasteiger partial charge in [0.15, 0.2) is 0 Å². The van der Waals surface area contributed by atoms with Crippen LogP contribution < -0.4 is 5.32 Å². The van der Waals surface area contributed by atoms with E-state index in [0.717, 1.165) is 42.4 Å². The van der Waals surface area contributed by atoms with E-state index >= 15 is 0 Å². The van der Waals surface area contributed by atoms with Crippen LogP contribution in [0.3, 0.4) is 0 Å². The molecule has 0 aromatic rings. The van der Waals surface area contributed by atoms with Crippen LogP contribution in [-0.4, -0.2) is 99.4 Å². The highest BCUT2D eigenvalue weighted by molar-refractivity contribution is 4.78. The van der Waals surface area contributed by atoms with Gasteiger partial charge in [-0.25, -0.2) is 0 Å². The zero-order valence-electron chi connectivity index (χ0n) is 33.3. The number of ether oxygens (including phenoxy) is 1. The largest absolute Gasteiger partial charge is 0.378 e. The van der Waals surface area contributed by atoms with Crippen LogP contribution in [0.4, 0.5) is 0 Å². The van der Waals surface area contributed by atoms with Crippen molar-refractivity contribution in [2.75, 3.05) is 66.5 Å². The van der Waals surface area contributed by atoms with Crippen molar-refractivity contribution in [1.82, 2.24) is 20.0 Å². The molecule has 0 atom stereocenters. The van der Waals surface area contributed by atoms with Crippen molar-refractivity contribution in [3.05, 3.63) is 0 Å². The minimum absolute atomic E-state index is 0.624. The third-order valence-corrected chi connectivity index (χ3v) is 10.6. The van der Waals surface area contributed by atoms with Crippen LogP contribution in [-0.2, 0) is 4.74 Å². The summed E-state index contributed by atoms with van der Waals surface area (Å²) in [5, 5.41) is 3.41. The molecule has 0 bridgehead atoms. The molecule has 2 aliphatic carbocycles. The van der Waals surface area contributed by atoms with Gasteiger partial charge in [-0.15, -0.1) is 0 Å². The van der Waals surface area contributed by atoms with Crippen molar-refractivity contribution in [3.63, 3.8) is 0 Å². The second-order valence-corrected chi connectivity index (χ2v) is 16.9. The van der Waals surface area contributed by atoms with Gasteiger partial charge in [0.25, 0.3) is 0 Å². The molecule has 0 unspecified atom stereocenters.